The molecule has 3 rings (SSSR count). The van der Waals surface area contributed by atoms with E-state index >= 15 is 0 Å². The Kier molecular flexibility index (Phi) is 6.88. The molecule has 2 aliphatic rings. The highest BCUT2D eigenvalue weighted by Crippen LogP contribution is 2.26. The standard InChI is InChI=1S/C16H24N2O4S.ClH/c1-21-10-11-22-15-4-6-16(7-5-15)23(19,20)18-9-8-13-2-3-14(12-18)17-13;/h4-7,13-14,17H,2-3,8-12H2,1H3;1H. The van der Waals surface area contributed by atoms with Crippen LogP contribution in [-0.2, 0) is 14.8 Å². The van der Waals surface area contributed by atoms with Crippen molar-refractivity contribution in [1.29, 1.82) is 0 Å². The third kappa shape index (κ3) is 4.40. The highest BCUT2D eigenvalue weighted by molar-refractivity contribution is 7.89. The maximum absolute atomic E-state index is 12.8. The summed E-state index contributed by atoms with van der Waals surface area (Å²) >= 11 is 0. The zero-order valence-electron chi connectivity index (χ0n) is 13.8. The van der Waals surface area contributed by atoms with E-state index in [1.54, 1.807) is 35.7 Å². The molecular weight excluding hydrogens is 352 g/mol. The van der Waals surface area contributed by atoms with Crippen LogP contribution >= 0.6 is 12.4 Å². The molecule has 0 aromatic heterocycles. The molecule has 1 aromatic carbocycles. The van der Waals surface area contributed by atoms with Crippen LogP contribution in [-0.4, -0.2) is 58.2 Å². The van der Waals surface area contributed by atoms with Crippen LogP contribution in [0.4, 0.5) is 0 Å². The summed E-state index contributed by atoms with van der Waals surface area (Å²) in [6.07, 6.45) is 3.10. The van der Waals surface area contributed by atoms with Crippen LogP contribution in [0.1, 0.15) is 19.3 Å². The average molecular weight is 377 g/mol. The molecule has 8 heteroatoms. The number of sulfonamides is 1. The molecule has 2 heterocycles. The van der Waals surface area contributed by atoms with E-state index in [-0.39, 0.29) is 18.4 Å². The number of ether oxygens (including phenoxy) is 2. The van der Waals surface area contributed by atoms with Crippen molar-refractivity contribution in [3.8, 4) is 5.75 Å². The SMILES string of the molecule is COCCOc1ccc(S(=O)(=O)N2CCC3CCC(C2)N3)cc1.Cl. The predicted molar refractivity (Wildman–Crippen MR) is 94.4 cm³/mol. The maximum atomic E-state index is 12.8. The topological polar surface area (TPSA) is 67.9 Å². The number of fused-ring (bicyclic) bond motifs is 2. The third-order valence-electron chi connectivity index (χ3n) is 4.50. The van der Waals surface area contributed by atoms with E-state index in [0.29, 0.717) is 43.0 Å². The lowest BCUT2D eigenvalue weighted by Gasteiger charge is -2.23. The Morgan fingerprint density at radius 3 is 2.54 bits per heavy atom. The van der Waals surface area contributed by atoms with Crippen molar-refractivity contribution in [2.45, 2.75) is 36.2 Å². The highest BCUT2D eigenvalue weighted by atomic mass is 35.5. The quantitative estimate of drug-likeness (QED) is 0.764. The van der Waals surface area contributed by atoms with E-state index in [1.807, 2.05) is 0 Å². The zero-order valence-corrected chi connectivity index (χ0v) is 15.4. The Morgan fingerprint density at radius 2 is 1.83 bits per heavy atom. The van der Waals surface area contributed by atoms with Gasteiger partial charge in [-0.05, 0) is 43.5 Å². The Labute approximate surface area is 150 Å². The van der Waals surface area contributed by atoms with Gasteiger partial charge in [-0.15, -0.1) is 12.4 Å². The minimum atomic E-state index is -3.44. The normalized spacial score (nSPS) is 24.2. The number of benzene rings is 1. The fourth-order valence-electron chi connectivity index (χ4n) is 3.23. The molecule has 2 atom stereocenters. The Balaban J connectivity index is 0.00000208. The smallest absolute Gasteiger partial charge is 0.243 e. The van der Waals surface area contributed by atoms with Gasteiger partial charge in [0.05, 0.1) is 11.5 Å². The van der Waals surface area contributed by atoms with Crippen LogP contribution < -0.4 is 10.1 Å². The molecule has 2 fully saturated rings. The van der Waals surface area contributed by atoms with Crippen molar-refractivity contribution in [3.63, 3.8) is 0 Å². The lowest BCUT2D eigenvalue weighted by Crippen LogP contribution is -2.39. The first kappa shape index (κ1) is 19.5. The van der Waals surface area contributed by atoms with Crippen molar-refractivity contribution in [2.75, 3.05) is 33.4 Å². The summed E-state index contributed by atoms with van der Waals surface area (Å²) in [4.78, 5) is 0.328. The first-order valence-corrected chi connectivity index (χ1v) is 9.51. The summed E-state index contributed by atoms with van der Waals surface area (Å²) in [6, 6.07) is 7.39. The van der Waals surface area contributed by atoms with Crippen LogP contribution in [0, 0.1) is 0 Å². The number of hydrogen-bond donors (Lipinski definition) is 1. The van der Waals surface area contributed by atoms with Gasteiger partial charge in [-0.3, -0.25) is 0 Å². The minimum absolute atomic E-state index is 0. The molecule has 0 aliphatic carbocycles. The van der Waals surface area contributed by atoms with Crippen LogP contribution in [0.3, 0.4) is 0 Å². The van der Waals surface area contributed by atoms with E-state index in [1.165, 1.54) is 0 Å². The zero-order chi connectivity index (χ0) is 16.3. The summed E-state index contributed by atoms with van der Waals surface area (Å²) in [5, 5.41) is 3.51. The Bertz CT molecular complexity index is 623. The van der Waals surface area contributed by atoms with Crippen LogP contribution in [0.2, 0.25) is 0 Å². The van der Waals surface area contributed by atoms with Gasteiger partial charge in [0.15, 0.2) is 0 Å². The summed E-state index contributed by atoms with van der Waals surface area (Å²) in [6.45, 7) is 2.10. The first-order valence-electron chi connectivity index (χ1n) is 8.07. The first-order chi connectivity index (χ1) is 11.1. The van der Waals surface area contributed by atoms with Crippen molar-refractivity contribution in [2.24, 2.45) is 0 Å². The molecule has 2 bridgehead atoms. The molecule has 136 valence electrons. The molecule has 0 amide bonds. The van der Waals surface area contributed by atoms with Crippen LogP contribution in [0.5, 0.6) is 5.75 Å². The summed E-state index contributed by atoms with van der Waals surface area (Å²) < 4.78 is 37.7. The number of nitrogens with one attached hydrogen (secondary N) is 1. The van der Waals surface area contributed by atoms with Crippen LogP contribution in [0.15, 0.2) is 29.2 Å². The summed E-state index contributed by atoms with van der Waals surface area (Å²) in [5.41, 5.74) is 0. The van der Waals surface area contributed by atoms with Gasteiger partial charge in [-0.25, -0.2) is 8.42 Å². The second kappa shape index (κ2) is 8.49. The lowest BCUT2D eigenvalue weighted by atomic mass is 10.1. The number of nitrogens with zero attached hydrogens (tertiary/aromatic N) is 1. The van der Waals surface area contributed by atoms with Gasteiger partial charge in [0, 0.05) is 32.3 Å². The molecule has 2 saturated heterocycles. The van der Waals surface area contributed by atoms with E-state index < -0.39 is 10.0 Å². The van der Waals surface area contributed by atoms with Crippen molar-refractivity contribution in [3.05, 3.63) is 24.3 Å². The molecule has 0 radical (unpaired) electrons. The predicted octanol–water partition coefficient (Wildman–Crippen LogP) is 1.65. The van der Waals surface area contributed by atoms with E-state index in [9.17, 15) is 8.42 Å². The molecule has 2 unspecified atom stereocenters. The molecule has 1 N–H and O–H groups in total. The fourth-order valence-corrected chi connectivity index (χ4v) is 4.73. The minimum Gasteiger partial charge on any atom is -0.491 e. The van der Waals surface area contributed by atoms with Crippen molar-refractivity contribution >= 4 is 22.4 Å². The second-order valence-corrected chi connectivity index (χ2v) is 8.04. The van der Waals surface area contributed by atoms with Gasteiger partial charge in [0.2, 0.25) is 10.0 Å². The number of halogens is 1. The van der Waals surface area contributed by atoms with Gasteiger partial charge in [0.25, 0.3) is 0 Å². The number of rotatable bonds is 6. The number of methoxy groups -OCH3 is 1. The van der Waals surface area contributed by atoms with Gasteiger partial charge in [0.1, 0.15) is 12.4 Å². The van der Waals surface area contributed by atoms with E-state index in [0.717, 1.165) is 19.3 Å². The third-order valence-corrected chi connectivity index (χ3v) is 6.38. The van der Waals surface area contributed by atoms with E-state index in [2.05, 4.69) is 5.32 Å². The number of hydrogen-bond acceptors (Lipinski definition) is 5. The largest absolute Gasteiger partial charge is 0.491 e. The Morgan fingerprint density at radius 1 is 1.12 bits per heavy atom. The van der Waals surface area contributed by atoms with E-state index in [4.69, 9.17) is 9.47 Å². The average Bonchev–Trinajstić information content (AvgIpc) is 2.86. The monoisotopic (exact) mass is 376 g/mol. The molecule has 24 heavy (non-hydrogen) atoms. The van der Waals surface area contributed by atoms with Gasteiger partial charge in [-0.1, -0.05) is 0 Å². The maximum Gasteiger partial charge on any atom is 0.243 e. The Hall–Kier alpha value is -0.860. The van der Waals surface area contributed by atoms with Crippen LogP contribution in [0.25, 0.3) is 0 Å². The van der Waals surface area contributed by atoms with Gasteiger partial charge >= 0.3 is 0 Å². The summed E-state index contributed by atoms with van der Waals surface area (Å²) in [7, 11) is -1.82. The van der Waals surface area contributed by atoms with Crippen molar-refractivity contribution < 1.29 is 17.9 Å². The summed E-state index contributed by atoms with van der Waals surface area (Å²) in [5.74, 6) is 0.651. The molecule has 2 aliphatic heterocycles. The molecular formula is C16H25ClN2O4S. The molecule has 6 nitrogen and oxygen atoms in total. The fraction of sp³-hybridized carbons (Fsp3) is 0.625. The molecule has 0 spiro atoms. The highest BCUT2D eigenvalue weighted by Gasteiger charge is 2.34. The van der Waals surface area contributed by atoms with Gasteiger partial charge in [-0.2, -0.15) is 4.31 Å². The van der Waals surface area contributed by atoms with Gasteiger partial charge < -0.3 is 14.8 Å². The molecule has 0 saturated carbocycles. The lowest BCUT2D eigenvalue weighted by molar-refractivity contribution is 0.146. The second-order valence-electron chi connectivity index (χ2n) is 6.10. The molecule has 1 aromatic rings. The van der Waals surface area contributed by atoms with Crippen molar-refractivity contribution in [1.82, 2.24) is 9.62 Å².